The summed E-state index contributed by atoms with van der Waals surface area (Å²) < 4.78 is 32.5. The van der Waals surface area contributed by atoms with Crippen molar-refractivity contribution in [3.8, 4) is 5.75 Å². The number of fused-ring (bicyclic) bond motifs is 1. The molecule has 0 saturated heterocycles. The molecule has 134 valence electrons. The summed E-state index contributed by atoms with van der Waals surface area (Å²) >= 11 is 0. The van der Waals surface area contributed by atoms with Crippen LogP contribution in [-0.2, 0) is 10.1 Å². The molecule has 0 saturated carbocycles. The molecule has 0 aliphatic rings. The number of carbonyl (C=O) groups is 1. The van der Waals surface area contributed by atoms with Crippen LogP contribution >= 0.6 is 0 Å². The van der Waals surface area contributed by atoms with Gasteiger partial charge in [0.15, 0.2) is 0 Å². The van der Waals surface area contributed by atoms with E-state index in [1.165, 1.54) is 18.2 Å². The molecule has 5 N–H and O–H groups in total. The van der Waals surface area contributed by atoms with E-state index in [1.54, 1.807) is 24.3 Å². The number of rotatable bonds is 3. The minimum absolute atomic E-state index is 0.167. The lowest BCUT2D eigenvalue weighted by Crippen LogP contribution is -2.14. The minimum atomic E-state index is -4.55. The van der Waals surface area contributed by atoms with Gasteiger partial charge in [-0.1, -0.05) is 23.8 Å². The zero-order valence-electron chi connectivity index (χ0n) is 13.7. The van der Waals surface area contributed by atoms with Crippen molar-refractivity contribution < 1.29 is 22.9 Å². The van der Waals surface area contributed by atoms with Gasteiger partial charge in [-0.2, -0.15) is 8.42 Å². The van der Waals surface area contributed by atoms with E-state index < -0.39 is 20.9 Å². The van der Waals surface area contributed by atoms with Crippen LogP contribution in [0.5, 0.6) is 5.75 Å². The van der Waals surface area contributed by atoms with E-state index in [0.717, 1.165) is 11.6 Å². The van der Waals surface area contributed by atoms with Crippen LogP contribution in [0.1, 0.15) is 15.9 Å². The molecule has 0 aliphatic heterocycles. The summed E-state index contributed by atoms with van der Waals surface area (Å²) in [7, 11) is -4.55. The van der Waals surface area contributed by atoms with Crippen molar-refractivity contribution >= 4 is 38.2 Å². The van der Waals surface area contributed by atoms with Gasteiger partial charge >= 0.3 is 0 Å². The highest BCUT2D eigenvalue weighted by Gasteiger charge is 2.18. The summed E-state index contributed by atoms with van der Waals surface area (Å²) in [5.74, 6) is -0.836. The van der Waals surface area contributed by atoms with Gasteiger partial charge in [0, 0.05) is 28.2 Å². The number of aromatic hydroxyl groups is 1. The normalized spacial score (nSPS) is 11.5. The van der Waals surface area contributed by atoms with Crippen LogP contribution in [0.3, 0.4) is 0 Å². The topological polar surface area (TPSA) is 130 Å². The summed E-state index contributed by atoms with van der Waals surface area (Å²) in [6, 6.07) is 11.8. The van der Waals surface area contributed by atoms with Crippen molar-refractivity contribution in [2.24, 2.45) is 0 Å². The Morgan fingerprint density at radius 2 is 1.81 bits per heavy atom. The molecule has 0 unspecified atom stereocenters. The van der Waals surface area contributed by atoms with Gasteiger partial charge in [-0.05, 0) is 31.2 Å². The maximum atomic E-state index is 12.6. The first kappa shape index (κ1) is 17.7. The van der Waals surface area contributed by atoms with Crippen LogP contribution in [0.15, 0.2) is 53.4 Å². The third kappa shape index (κ3) is 3.32. The van der Waals surface area contributed by atoms with Crippen molar-refractivity contribution in [3.63, 3.8) is 0 Å². The standard InChI is InChI=1S/C18H16N2O5S/c1-10-5-6-15(19)14(7-10)18(22)20-16-4-2-3-12-13(16)8-11(21)9-17(12)26(23,24)25/h2-9,21H,19H2,1H3,(H,20,22)(H,23,24,25). The smallest absolute Gasteiger partial charge is 0.295 e. The zero-order chi connectivity index (χ0) is 19.1. The Hall–Kier alpha value is -3.10. The maximum absolute atomic E-state index is 12.6. The lowest BCUT2D eigenvalue weighted by Gasteiger charge is -2.12. The lowest BCUT2D eigenvalue weighted by molar-refractivity contribution is 0.102. The van der Waals surface area contributed by atoms with Crippen LogP contribution < -0.4 is 11.1 Å². The molecule has 0 radical (unpaired) electrons. The van der Waals surface area contributed by atoms with Crippen molar-refractivity contribution in [1.29, 1.82) is 0 Å². The number of hydrogen-bond acceptors (Lipinski definition) is 5. The molecule has 3 rings (SSSR count). The number of benzene rings is 3. The second kappa shape index (κ2) is 6.32. The van der Waals surface area contributed by atoms with E-state index in [2.05, 4.69) is 5.32 Å². The van der Waals surface area contributed by atoms with E-state index in [-0.39, 0.29) is 27.8 Å². The Kier molecular flexibility index (Phi) is 4.31. The Labute approximate surface area is 149 Å². The molecule has 0 atom stereocenters. The number of anilines is 2. The van der Waals surface area contributed by atoms with Crippen LogP contribution in [0, 0.1) is 6.92 Å². The van der Waals surface area contributed by atoms with Gasteiger partial charge in [-0.15, -0.1) is 0 Å². The molecule has 3 aromatic rings. The summed E-state index contributed by atoms with van der Waals surface area (Å²) in [6.45, 7) is 1.82. The van der Waals surface area contributed by atoms with E-state index in [1.807, 2.05) is 6.92 Å². The fourth-order valence-corrected chi connectivity index (χ4v) is 3.44. The molecule has 0 heterocycles. The third-order valence-corrected chi connectivity index (χ3v) is 4.82. The molecule has 0 aliphatic carbocycles. The van der Waals surface area contributed by atoms with Gasteiger partial charge in [0.05, 0.1) is 5.56 Å². The molecule has 0 bridgehead atoms. The second-order valence-corrected chi connectivity index (χ2v) is 7.25. The first-order valence-corrected chi connectivity index (χ1v) is 9.01. The van der Waals surface area contributed by atoms with Gasteiger partial charge in [-0.25, -0.2) is 0 Å². The minimum Gasteiger partial charge on any atom is -0.508 e. The molecule has 0 fully saturated rings. The quantitative estimate of drug-likeness (QED) is 0.413. The number of carbonyl (C=O) groups excluding carboxylic acids is 1. The summed E-state index contributed by atoms with van der Waals surface area (Å²) in [5.41, 5.74) is 7.55. The first-order chi connectivity index (χ1) is 12.2. The van der Waals surface area contributed by atoms with Gasteiger partial charge < -0.3 is 16.2 Å². The number of nitrogens with two attached hydrogens (primary N) is 1. The Balaban J connectivity index is 2.13. The van der Waals surface area contributed by atoms with E-state index in [4.69, 9.17) is 5.73 Å². The highest BCUT2D eigenvalue weighted by molar-refractivity contribution is 7.86. The summed E-state index contributed by atoms with van der Waals surface area (Å²) in [5, 5.41) is 12.9. The molecule has 0 spiro atoms. The lowest BCUT2D eigenvalue weighted by atomic mass is 10.1. The highest BCUT2D eigenvalue weighted by atomic mass is 32.2. The number of phenolic OH excluding ortho intramolecular Hbond substituents is 1. The second-order valence-electron chi connectivity index (χ2n) is 5.86. The van der Waals surface area contributed by atoms with Crippen molar-refractivity contribution in [2.75, 3.05) is 11.1 Å². The number of amides is 1. The van der Waals surface area contributed by atoms with Gasteiger partial charge in [0.1, 0.15) is 10.6 Å². The Morgan fingerprint density at radius 3 is 2.50 bits per heavy atom. The van der Waals surface area contributed by atoms with Crippen molar-refractivity contribution in [1.82, 2.24) is 0 Å². The fraction of sp³-hybridized carbons (Fsp3) is 0.0556. The van der Waals surface area contributed by atoms with Crippen LogP contribution in [0.25, 0.3) is 10.8 Å². The van der Waals surface area contributed by atoms with Crippen LogP contribution in [0.2, 0.25) is 0 Å². The SMILES string of the molecule is Cc1ccc(N)c(C(=O)Nc2cccc3c(S(=O)(=O)O)cc(O)cc23)c1. The summed E-state index contributed by atoms with van der Waals surface area (Å²) in [6.07, 6.45) is 0. The molecule has 7 nitrogen and oxygen atoms in total. The molecule has 1 amide bonds. The Morgan fingerprint density at radius 1 is 1.08 bits per heavy atom. The molecular weight excluding hydrogens is 356 g/mol. The van der Waals surface area contributed by atoms with Gasteiger partial charge in [0.25, 0.3) is 16.0 Å². The summed E-state index contributed by atoms with van der Waals surface area (Å²) in [4.78, 5) is 12.1. The van der Waals surface area contributed by atoms with Crippen LogP contribution in [-0.4, -0.2) is 24.0 Å². The van der Waals surface area contributed by atoms with Crippen molar-refractivity contribution in [2.45, 2.75) is 11.8 Å². The number of phenols is 1. The number of nitrogen functional groups attached to an aromatic ring is 1. The maximum Gasteiger partial charge on any atom is 0.295 e. The van der Waals surface area contributed by atoms with Gasteiger partial charge in [0.2, 0.25) is 0 Å². The zero-order valence-corrected chi connectivity index (χ0v) is 14.5. The average molecular weight is 372 g/mol. The van der Waals surface area contributed by atoms with E-state index >= 15 is 0 Å². The van der Waals surface area contributed by atoms with Crippen molar-refractivity contribution in [3.05, 3.63) is 59.7 Å². The van der Waals surface area contributed by atoms with E-state index in [0.29, 0.717) is 5.69 Å². The molecule has 8 heteroatoms. The highest BCUT2D eigenvalue weighted by Crippen LogP contribution is 2.33. The predicted octanol–water partition coefficient (Wildman–Crippen LogP) is 2.94. The Bertz CT molecular complexity index is 1140. The first-order valence-electron chi connectivity index (χ1n) is 7.57. The molecule has 3 aromatic carbocycles. The van der Waals surface area contributed by atoms with Gasteiger partial charge in [-0.3, -0.25) is 9.35 Å². The monoisotopic (exact) mass is 372 g/mol. The number of aryl methyl sites for hydroxylation is 1. The van der Waals surface area contributed by atoms with Crippen LogP contribution in [0.4, 0.5) is 11.4 Å². The van der Waals surface area contributed by atoms with E-state index in [9.17, 15) is 22.9 Å². The fourth-order valence-electron chi connectivity index (χ4n) is 2.72. The third-order valence-electron chi connectivity index (χ3n) is 3.92. The largest absolute Gasteiger partial charge is 0.508 e. The molecule has 0 aromatic heterocycles. The molecular formula is C18H16N2O5S. The number of hydrogen-bond donors (Lipinski definition) is 4. The average Bonchev–Trinajstić information content (AvgIpc) is 2.56. The predicted molar refractivity (Wildman–Crippen MR) is 99.0 cm³/mol. The molecule has 26 heavy (non-hydrogen) atoms. The number of nitrogens with one attached hydrogen (secondary N) is 1.